The minimum atomic E-state index is 0.243. The predicted molar refractivity (Wildman–Crippen MR) is 155 cm³/mol. The lowest BCUT2D eigenvalue weighted by Crippen LogP contribution is -1.93. The highest BCUT2D eigenvalue weighted by atomic mass is 32.1. The number of hydrogen-bond acceptors (Lipinski definition) is 4. The van der Waals surface area contributed by atoms with Gasteiger partial charge in [0.05, 0.1) is 21.5 Å². The summed E-state index contributed by atoms with van der Waals surface area (Å²) in [6.45, 7) is 6.51. The number of aromatic nitrogens is 2. The van der Waals surface area contributed by atoms with E-state index in [0.717, 1.165) is 43.2 Å². The number of rotatable bonds is 4. The smallest absolute Gasteiger partial charge is 0.128 e. The molecule has 0 bridgehead atoms. The Bertz CT molecular complexity index is 1750. The predicted octanol–water partition coefficient (Wildman–Crippen LogP) is 8.99. The molecule has 0 unspecified atom stereocenters. The Morgan fingerprint density at radius 3 is 2.14 bits per heavy atom. The molecule has 6 rings (SSSR count). The molecule has 1 N–H and O–H groups in total. The summed E-state index contributed by atoms with van der Waals surface area (Å²) in [5.74, 6) is 0.243. The van der Waals surface area contributed by atoms with E-state index in [1.165, 1.54) is 27.8 Å². The zero-order chi connectivity index (χ0) is 25.5. The highest BCUT2D eigenvalue weighted by Crippen LogP contribution is 2.41. The van der Waals surface area contributed by atoms with Gasteiger partial charge in [-0.25, -0.2) is 4.98 Å². The van der Waals surface area contributed by atoms with Crippen molar-refractivity contribution in [3.63, 3.8) is 0 Å². The molecule has 4 heteroatoms. The second-order valence-electron chi connectivity index (χ2n) is 9.48. The number of benzene rings is 4. The summed E-state index contributed by atoms with van der Waals surface area (Å²) in [5.41, 5.74) is 12.1. The molecular formula is C33H26N2OS. The van der Waals surface area contributed by atoms with Crippen LogP contribution in [0.4, 0.5) is 0 Å². The fraction of sp³-hybridized carbons (Fsp3) is 0.0909. The van der Waals surface area contributed by atoms with Crippen molar-refractivity contribution in [3.05, 3.63) is 114 Å². The van der Waals surface area contributed by atoms with Crippen LogP contribution in [0.25, 0.3) is 54.3 Å². The van der Waals surface area contributed by atoms with Crippen molar-refractivity contribution in [1.82, 2.24) is 9.97 Å². The molecule has 0 spiro atoms. The molecule has 2 heterocycles. The van der Waals surface area contributed by atoms with Gasteiger partial charge in [-0.1, -0.05) is 48.0 Å². The standard InChI is InChI=1S/C33H26N2OS/c1-20-15-21(2)31(22(3)16-20)25-18-23(17-24(19-25)28-11-6-7-14-34-28)26-10-8-13-30-32(26)35-33(37-30)27-9-4-5-12-29(27)36/h4-19,36H,1-3H3. The van der Waals surface area contributed by atoms with E-state index in [-0.39, 0.29) is 5.75 Å². The summed E-state index contributed by atoms with van der Waals surface area (Å²) in [6.07, 6.45) is 1.84. The van der Waals surface area contributed by atoms with Crippen LogP contribution in [-0.4, -0.2) is 15.1 Å². The number of fused-ring (bicyclic) bond motifs is 1. The van der Waals surface area contributed by atoms with Crippen LogP contribution >= 0.6 is 11.3 Å². The number of nitrogens with zero attached hydrogens (tertiary/aromatic N) is 2. The zero-order valence-corrected chi connectivity index (χ0v) is 21.8. The Morgan fingerprint density at radius 2 is 1.38 bits per heavy atom. The van der Waals surface area contributed by atoms with Crippen LogP contribution < -0.4 is 0 Å². The topological polar surface area (TPSA) is 46.0 Å². The maximum absolute atomic E-state index is 10.4. The number of para-hydroxylation sites is 2. The van der Waals surface area contributed by atoms with Crippen LogP contribution in [0, 0.1) is 20.8 Å². The van der Waals surface area contributed by atoms with E-state index < -0.39 is 0 Å². The van der Waals surface area contributed by atoms with E-state index in [9.17, 15) is 5.11 Å². The molecule has 4 aromatic carbocycles. The molecule has 6 aromatic rings. The fourth-order valence-electron chi connectivity index (χ4n) is 5.20. The first-order valence-corrected chi connectivity index (χ1v) is 13.1. The van der Waals surface area contributed by atoms with Crippen LogP contribution in [0.15, 0.2) is 97.2 Å². The number of phenols is 1. The normalized spacial score (nSPS) is 11.2. The molecule has 0 atom stereocenters. The summed E-state index contributed by atoms with van der Waals surface area (Å²) < 4.78 is 1.09. The zero-order valence-electron chi connectivity index (χ0n) is 21.0. The highest BCUT2D eigenvalue weighted by Gasteiger charge is 2.16. The highest BCUT2D eigenvalue weighted by molar-refractivity contribution is 7.21. The van der Waals surface area contributed by atoms with Crippen LogP contribution in [0.3, 0.4) is 0 Å². The van der Waals surface area contributed by atoms with Crippen molar-refractivity contribution in [1.29, 1.82) is 0 Å². The quantitative estimate of drug-likeness (QED) is 0.264. The van der Waals surface area contributed by atoms with E-state index in [1.54, 1.807) is 17.4 Å². The van der Waals surface area contributed by atoms with E-state index >= 15 is 0 Å². The minimum absolute atomic E-state index is 0.243. The molecule has 2 aromatic heterocycles. The van der Waals surface area contributed by atoms with Crippen LogP contribution in [-0.2, 0) is 0 Å². The molecule has 0 aliphatic carbocycles. The molecule has 0 aliphatic heterocycles. The average Bonchev–Trinajstić information content (AvgIpc) is 3.33. The first kappa shape index (κ1) is 23.1. The maximum Gasteiger partial charge on any atom is 0.128 e. The van der Waals surface area contributed by atoms with Gasteiger partial charge in [-0.3, -0.25) is 4.98 Å². The molecule has 37 heavy (non-hydrogen) atoms. The van der Waals surface area contributed by atoms with Crippen LogP contribution in [0.5, 0.6) is 5.75 Å². The van der Waals surface area contributed by atoms with E-state index in [2.05, 4.69) is 80.4 Å². The van der Waals surface area contributed by atoms with Gasteiger partial charge in [0.15, 0.2) is 0 Å². The van der Waals surface area contributed by atoms with Gasteiger partial charge in [0.25, 0.3) is 0 Å². The van der Waals surface area contributed by atoms with Gasteiger partial charge in [0.1, 0.15) is 10.8 Å². The third-order valence-corrected chi connectivity index (χ3v) is 7.78. The van der Waals surface area contributed by atoms with Crippen molar-refractivity contribution < 1.29 is 5.11 Å². The van der Waals surface area contributed by atoms with E-state index in [0.29, 0.717) is 0 Å². The van der Waals surface area contributed by atoms with Crippen molar-refractivity contribution in [2.75, 3.05) is 0 Å². The number of thiazole rings is 1. The first-order chi connectivity index (χ1) is 18.0. The summed E-state index contributed by atoms with van der Waals surface area (Å²) in [5, 5.41) is 11.2. The van der Waals surface area contributed by atoms with Gasteiger partial charge in [-0.15, -0.1) is 11.3 Å². The number of phenolic OH excluding ortho intramolecular Hbond substituents is 1. The van der Waals surface area contributed by atoms with Gasteiger partial charge >= 0.3 is 0 Å². The lowest BCUT2D eigenvalue weighted by Gasteiger charge is -2.15. The Morgan fingerprint density at radius 1 is 0.676 bits per heavy atom. The Balaban J connectivity index is 1.60. The number of aromatic hydroxyl groups is 1. The number of hydrogen-bond donors (Lipinski definition) is 1. The lowest BCUT2D eigenvalue weighted by atomic mass is 9.89. The van der Waals surface area contributed by atoms with Gasteiger partial charge in [-0.05, 0) is 97.1 Å². The summed E-state index contributed by atoms with van der Waals surface area (Å²) in [6, 6.07) is 30.9. The molecule has 3 nitrogen and oxygen atoms in total. The molecule has 0 radical (unpaired) electrons. The van der Waals surface area contributed by atoms with Crippen molar-refractivity contribution in [2.24, 2.45) is 0 Å². The summed E-state index contributed by atoms with van der Waals surface area (Å²) in [4.78, 5) is 9.67. The molecular weight excluding hydrogens is 472 g/mol. The lowest BCUT2D eigenvalue weighted by molar-refractivity contribution is 0.477. The molecule has 180 valence electrons. The van der Waals surface area contributed by atoms with Gasteiger partial charge in [0, 0.05) is 17.3 Å². The van der Waals surface area contributed by atoms with Gasteiger partial charge in [0.2, 0.25) is 0 Å². The SMILES string of the molecule is Cc1cc(C)c(-c2cc(-c3ccccn3)cc(-c3cccc4sc(-c5ccccc5O)nc34)c2)c(C)c1. The van der Waals surface area contributed by atoms with E-state index in [4.69, 9.17) is 4.98 Å². The number of pyridine rings is 1. The third-order valence-electron chi connectivity index (χ3n) is 6.72. The third kappa shape index (κ3) is 4.30. The monoisotopic (exact) mass is 498 g/mol. The van der Waals surface area contributed by atoms with Crippen molar-refractivity contribution in [3.8, 4) is 49.8 Å². The minimum Gasteiger partial charge on any atom is -0.507 e. The molecule has 0 aliphatic rings. The number of aryl methyl sites for hydroxylation is 3. The average molecular weight is 499 g/mol. The largest absolute Gasteiger partial charge is 0.507 e. The van der Waals surface area contributed by atoms with Crippen LogP contribution in [0.2, 0.25) is 0 Å². The summed E-state index contributed by atoms with van der Waals surface area (Å²) in [7, 11) is 0. The Hall–Kier alpha value is -4.28. The Kier molecular flexibility index (Phi) is 5.82. The van der Waals surface area contributed by atoms with Gasteiger partial charge in [-0.2, -0.15) is 0 Å². The van der Waals surface area contributed by atoms with E-state index in [1.807, 2.05) is 36.5 Å². The van der Waals surface area contributed by atoms with Crippen molar-refractivity contribution >= 4 is 21.6 Å². The maximum atomic E-state index is 10.4. The molecule has 0 saturated heterocycles. The van der Waals surface area contributed by atoms with Crippen molar-refractivity contribution in [2.45, 2.75) is 20.8 Å². The van der Waals surface area contributed by atoms with Gasteiger partial charge < -0.3 is 5.11 Å². The second kappa shape index (κ2) is 9.30. The molecule has 0 saturated carbocycles. The summed E-state index contributed by atoms with van der Waals surface area (Å²) >= 11 is 1.60. The first-order valence-electron chi connectivity index (χ1n) is 12.3. The van der Waals surface area contributed by atoms with Crippen LogP contribution in [0.1, 0.15) is 16.7 Å². The molecule has 0 amide bonds. The fourth-order valence-corrected chi connectivity index (χ4v) is 6.22. The Labute approximate surface area is 220 Å². The second-order valence-corrected chi connectivity index (χ2v) is 10.5. The molecule has 0 fully saturated rings.